The highest BCUT2D eigenvalue weighted by molar-refractivity contribution is 14.0. The van der Waals surface area contributed by atoms with Crippen molar-refractivity contribution in [2.45, 2.75) is 46.1 Å². The van der Waals surface area contributed by atoms with Crippen LogP contribution in [0.15, 0.2) is 4.99 Å². The lowest BCUT2D eigenvalue weighted by Gasteiger charge is -2.39. The van der Waals surface area contributed by atoms with Crippen molar-refractivity contribution in [2.24, 2.45) is 16.8 Å². The van der Waals surface area contributed by atoms with E-state index in [0.29, 0.717) is 12.0 Å². The second kappa shape index (κ2) is 9.07. The Bertz CT molecular complexity index is 298. The van der Waals surface area contributed by atoms with Crippen LogP contribution in [0.25, 0.3) is 0 Å². The van der Waals surface area contributed by atoms with Crippen molar-refractivity contribution in [3.05, 3.63) is 0 Å². The van der Waals surface area contributed by atoms with Gasteiger partial charge in [-0.2, -0.15) is 0 Å². The van der Waals surface area contributed by atoms with Gasteiger partial charge in [-0.25, -0.2) is 0 Å². The molecule has 0 aromatic heterocycles. The first-order chi connectivity index (χ1) is 9.16. The first-order valence-electron chi connectivity index (χ1n) is 7.93. The number of rotatable bonds is 4. The lowest BCUT2D eigenvalue weighted by molar-refractivity contribution is 0.110. The fourth-order valence-electron chi connectivity index (χ4n) is 3.00. The maximum atomic E-state index is 4.49. The van der Waals surface area contributed by atoms with E-state index in [2.05, 4.69) is 41.3 Å². The molecule has 118 valence electrons. The number of aliphatic imine (C=N–C) groups is 1. The molecule has 20 heavy (non-hydrogen) atoms. The number of hydrogen-bond donors (Lipinski definition) is 2. The number of piperidine rings is 1. The van der Waals surface area contributed by atoms with E-state index in [4.69, 9.17) is 0 Å². The lowest BCUT2D eigenvalue weighted by Crippen LogP contribution is -2.52. The molecule has 1 saturated heterocycles. The molecule has 0 bridgehead atoms. The van der Waals surface area contributed by atoms with Crippen LogP contribution in [0.2, 0.25) is 0 Å². The molecule has 2 N–H and O–H groups in total. The van der Waals surface area contributed by atoms with E-state index in [1.54, 1.807) is 0 Å². The Morgan fingerprint density at radius 3 is 2.60 bits per heavy atom. The minimum absolute atomic E-state index is 0. The van der Waals surface area contributed by atoms with Crippen molar-refractivity contribution in [1.29, 1.82) is 0 Å². The van der Waals surface area contributed by atoms with Gasteiger partial charge in [-0.05, 0) is 44.2 Å². The summed E-state index contributed by atoms with van der Waals surface area (Å²) in [6, 6.07) is 0.624. The maximum absolute atomic E-state index is 4.49. The Morgan fingerprint density at radius 1 is 1.35 bits per heavy atom. The summed E-state index contributed by atoms with van der Waals surface area (Å²) in [6.07, 6.45) is 3.85. The average molecular weight is 394 g/mol. The summed E-state index contributed by atoms with van der Waals surface area (Å²) in [4.78, 5) is 7.16. The van der Waals surface area contributed by atoms with Gasteiger partial charge < -0.3 is 10.6 Å². The van der Waals surface area contributed by atoms with E-state index >= 15 is 0 Å². The molecule has 2 aliphatic rings. The van der Waals surface area contributed by atoms with E-state index in [1.807, 2.05) is 0 Å². The van der Waals surface area contributed by atoms with Crippen LogP contribution in [0.5, 0.6) is 0 Å². The number of hydrogen-bond acceptors (Lipinski definition) is 4. The molecule has 1 fully saturated rings. The van der Waals surface area contributed by atoms with E-state index in [-0.39, 0.29) is 24.0 Å². The maximum Gasteiger partial charge on any atom is 0.191 e. The van der Waals surface area contributed by atoms with Crippen LogP contribution in [0.1, 0.15) is 40.0 Å². The van der Waals surface area contributed by atoms with Crippen LogP contribution in [0.4, 0.5) is 0 Å². The SMILES string of the molecule is CC1CCN(C(CNC2=NCCCN2)C(C)C)CC1.I. The molecule has 1 unspecified atom stereocenters. The van der Waals surface area contributed by atoms with Gasteiger partial charge in [0.1, 0.15) is 0 Å². The van der Waals surface area contributed by atoms with Crippen molar-refractivity contribution in [2.75, 3.05) is 32.7 Å². The number of guanidine groups is 1. The topological polar surface area (TPSA) is 39.7 Å². The smallest absolute Gasteiger partial charge is 0.191 e. The van der Waals surface area contributed by atoms with Crippen molar-refractivity contribution >= 4 is 29.9 Å². The highest BCUT2D eigenvalue weighted by Gasteiger charge is 2.25. The fourth-order valence-corrected chi connectivity index (χ4v) is 3.00. The molecule has 0 amide bonds. The van der Waals surface area contributed by atoms with Crippen LogP contribution in [-0.2, 0) is 0 Å². The van der Waals surface area contributed by atoms with Gasteiger partial charge in [0.2, 0.25) is 0 Å². The Hall–Kier alpha value is -0.0400. The largest absolute Gasteiger partial charge is 0.356 e. The highest BCUT2D eigenvalue weighted by atomic mass is 127. The molecule has 0 aliphatic carbocycles. The number of likely N-dealkylation sites (tertiary alicyclic amines) is 1. The van der Waals surface area contributed by atoms with Gasteiger partial charge in [0.15, 0.2) is 5.96 Å². The predicted octanol–water partition coefficient (Wildman–Crippen LogP) is 2.30. The van der Waals surface area contributed by atoms with Crippen LogP contribution in [-0.4, -0.2) is 49.6 Å². The molecule has 2 aliphatic heterocycles. The highest BCUT2D eigenvalue weighted by Crippen LogP contribution is 2.21. The van der Waals surface area contributed by atoms with Gasteiger partial charge >= 0.3 is 0 Å². The van der Waals surface area contributed by atoms with Crippen LogP contribution < -0.4 is 10.6 Å². The number of halogens is 1. The minimum atomic E-state index is 0. The third-order valence-electron chi connectivity index (χ3n) is 4.43. The van der Waals surface area contributed by atoms with E-state index in [9.17, 15) is 0 Å². The predicted molar refractivity (Wildman–Crippen MR) is 96.9 cm³/mol. The monoisotopic (exact) mass is 394 g/mol. The zero-order chi connectivity index (χ0) is 13.7. The molecule has 2 heterocycles. The van der Waals surface area contributed by atoms with Gasteiger partial charge in [0.05, 0.1) is 0 Å². The second-order valence-corrected chi connectivity index (χ2v) is 6.42. The van der Waals surface area contributed by atoms with E-state index in [0.717, 1.165) is 37.9 Å². The number of nitrogens with zero attached hydrogens (tertiary/aromatic N) is 2. The molecular weight excluding hydrogens is 363 g/mol. The van der Waals surface area contributed by atoms with E-state index < -0.39 is 0 Å². The number of nitrogens with one attached hydrogen (secondary N) is 2. The normalized spacial score (nSPS) is 22.7. The standard InChI is InChI=1S/C15H30N4.HI/c1-12(2)14(19-9-5-13(3)6-10-19)11-18-15-16-7-4-8-17-15;/h12-14H,4-11H2,1-3H3,(H2,16,17,18);1H. The molecular formula is C15H31IN4. The Labute approximate surface area is 141 Å². The minimum Gasteiger partial charge on any atom is -0.356 e. The quantitative estimate of drug-likeness (QED) is 0.719. The fraction of sp³-hybridized carbons (Fsp3) is 0.933. The van der Waals surface area contributed by atoms with Crippen molar-refractivity contribution < 1.29 is 0 Å². The Morgan fingerprint density at radius 2 is 2.05 bits per heavy atom. The zero-order valence-corrected chi connectivity index (χ0v) is 15.5. The summed E-state index contributed by atoms with van der Waals surface area (Å²) >= 11 is 0. The molecule has 0 aromatic rings. The van der Waals surface area contributed by atoms with Crippen molar-refractivity contribution in [3.63, 3.8) is 0 Å². The summed E-state index contributed by atoms with van der Waals surface area (Å²) < 4.78 is 0. The molecule has 0 aromatic carbocycles. The molecule has 0 radical (unpaired) electrons. The third kappa shape index (κ3) is 5.39. The summed E-state index contributed by atoms with van der Waals surface area (Å²) in [5, 5.41) is 6.85. The van der Waals surface area contributed by atoms with Crippen molar-refractivity contribution in [3.8, 4) is 0 Å². The summed E-state index contributed by atoms with van der Waals surface area (Å²) in [5.74, 6) is 2.59. The molecule has 1 atom stereocenters. The Balaban J connectivity index is 0.00000200. The Kier molecular flexibility index (Phi) is 8.17. The second-order valence-electron chi connectivity index (χ2n) is 6.42. The van der Waals surface area contributed by atoms with Gasteiger partial charge in [0, 0.05) is 25.7 Å². The average Bonchev–Trinajstić information content (AvgIpc) is 2.42. The molecule has 5 heteroatoms. The van der Waals surface area contributed by atoms with Crippen molar-refractivity contribution in [1.82, 2.24) is 15.5 Å². The molecule has 0 saturated carbocycles. The van der Waals surface area contributed by atoms with Gasteiger partial charge in [-0.1, -0.05) is 20.8 Å². The molecule has 4 nitrogen and oxygen atoms in total. The van der Waals surface area contributed by atoms with Crippen LogP contribution in [0, 0.1) is 11.8 Å². The lowest BCUT2D eigenvalue weighted by atomic mass is 9.94. The summed E-state index contributed by atoms with van der Waals surface area (Å²) in [7, 11) is 0. The first-order valence-corrected chi connectivity index (χ1v) is 7.93. The van der Waals surface area contributed by atoms with Gasteiger partial charge in [-0.15, -0.1) is 24.0 Å². The van der Waals surface area contributed by atoms with Gasteiger partial charge in [0.25, 0.3) is 0 Å². The molecule has 2 rings (SSSR count). The van der Waals surface area contributed by atoms with Gasteiger partial charge in [-0.3, -0.25) is 9.89 Å². The van der Waals surface area contributed by atoms with Crippen LogP contribution in [0.3, 0.4) is 0 Å². The zero-order valence-electron chi connectivity index (χ0n) is 13.2. The van der Waals surface area contributed by atoms with Crippen LogP contribution >= 0.6 is 24.0 Å². The van der Waals surface area contributed by atoms with E-state index in [1.165, 1.54) is 25.9 Å². The summed E-state index contributed by atoms with van der Waals surface area (Å²) in [6.45, 7) is 12.6. The third-order valence-corrected chi connectivity index (χ3v) is 4.43. The first kappa shape index (κ1) is 18.0. The summed E-state index contributed by atoms with van der Waals surface area (Å²) in [5.41, 5.74) is 0. The molecule has 0 spiro atoms.